The van der Waals surface area contributed by atoms with Gasteiger partial charge in [0.2, 0.25) is 0 Å². The minimum Gasteiger partial charge on any atom is -0.453 e. The van der Waals surface area contributed by atoms with Crippen LogP contribution in [-0.4, -0.2) is 30.8 Å². The Morgan fingerprint density at radius 2 is 1.41 bits per heavy atom. The van der Waals surface area contributed by atoms with E-state index in [2.05, 4.69) is 45.0 Å². The lowest BCUT2D eigenvalue weighted by atomic mass is 9.96. The first-order valence-corrected chi connectivity index (χ1v) is 12.6. The van der Waals surface area contributed by atoms with E-state index in [9.17, 15) is 4.79 Å². The van der Waals surface area contributed by atoms with Crippen LogP contribution in [0.5, 0.6) is 0 Å². The summed E-state index contributed by atoms with van der Waals surface area (Å²) in [5, 5.41) is 2.12. The van der Waals surface area contributed by atoms with Crippen molar-refractivity contribution in [3.05, 3.63) is 60.7 Å². The highest BCUT2D eigenvalue weighted by Gasteiger charge is 2.63. The van der Waals surface area contributed by atoms with E-state index >= 15 is 0 Å². The Balaban J connectivity index is 2.18. The molecule has 0 unspecified atom stereocenters. The summed E-state index contributed by atoms with van der Waals surface area (Å²) in [6.07, 6.45) is -1.14. The first-order valence-electron chi connectivity index (χ1n) is 9.89. The highest BCUT2D eigenvalue weighted by molar-refractivity contribution is 6.99. The number of benzene rings is 2. The summed E-state index contributed by atoms with van der Waals surface area (Å²) in [5.74, 6) is -0.561. The number of rotatable bonds is 6. The summed E-state index contributed by atoms with van der Waals surface area (Å²) >= 11 is 12.6. The molecule has 6 heteroatoms. The minimum atomic E-state index is -2.81. The Labute approximate surface area is 184 Å². The molecule has 3 nitrogen and oxygen atoms in total. The Bertz CT molecular complexity index is 808. The molecule has 1 saturated heterocycles. The first-order chi connectivity index (χ1) is 13.5. The molecule has 0 N–H and O–H groups in total. The summed E-state index contributed by atoms with van der Waals surface area (Å²) in [6, 6.07) is 20.7. The van der Waals surface area contributed by atoms with E-state index in [0.29, 0.717) is 0 Å². The van der Waals surface area contributed by atoms with Crippen molar-refractivity contribution in [1.82, 2.24) is 0 Å². The lowest BCUT2D eigenvalue weighted by molar-refractivity contribution is -0.184. The maximum Gasteiger partial charge on any atom is 0.347 e. The standard InChI is InChI=1S/C23H28Cl2O3Si/c1-16(2)19(20-23(24,25)21(26)27-20)28-29(22(3,4)5,17-12-8-6-9-13-17)18-14-10-7-11-15-18/h6-16,19-20H,1-5H3/t19-,20+/m0/s1. The zero-order chi connectivity index (χ0) is 21.4. The van der Waals surface area contributed by atoms with Gasteiger partial charge in [0, 0.05) is 0 Å². The SMILES string of the molecule is CC(C)[C@H](O[Si](c1ccccc1)(c1ccccc1)C(C)(C)C)[C@H]1OC(=O)C1(Cl)Cl. The molecule has 29 heavy (non-hydrogen) atoms. The number of halogens is 2. The molecule has 0 saturated carbocycles. The van der Waals surface area contributed by atoms with Gasteiger partial charge >= 0.3 is 5.97 Å². The predicted molar refractivity (Wildman–Crippen MR) is 122 cm³/mol. The Kier molecular flexibility index (Phi) is 6.22. The maximum absolute atomic E-state index is 11.9. The monoisotopic (exact) mass is 450 g/mol. The molecule has 0 aromatic heterocycles. The third-order valence-electron chi connectivity index (χ3n) is 5.55. The number of cyclic esters (lactones) is 1. The number of alkyl halides is 2. The fourth-order valence-electron chi connectivity index (χ4n) is 4.04. The number of carbonyl (C=O) groups excluding carboxylic acids is 1. The van der Waals surface area contributed by atoms with Gasteiger partial charge in [0.1, 0.15) is 0 Å². The second-order valence-electron chi connectivity index (χ2n) is 8.94. The van der Waals surface area contributed by atoms with Gasteiger partial charge in [0.15, 0.2) is 6.10 Å². The van der Waals surface area contributed by atoms with Crippen LogP contribution in [0, 0.1) is 5.92 Å². The van der Waals surface area contributed by atoms with Crippen molar-refractivity contribution >= 4 is 47.9 Å². The number of hydrogen-bond donors (Lipinski definition) is 0. The van der Waals surface area contributed by atoms with Crippen LogP contribution in [0.4, 0.5) is 0 Å². The Hall–Kier alpha value is -1.33. The Morgan fingerprint density at radius 1 is 0.966 bits per heavy atom. The molecule has 1 heterocycles. The Morgan fingerprint density at radius 3 is 1.72 bits per heavy atom. The lowest BCUT2D eigenvalue weighted by Gasteiger charge is -2.50. The van der Waals surface area contributed by atoms with Crippen LogP contribution < -0.4 is 10.4 Å². The van der Waals surface area contributed by atoms with Gasteiger partial charge in [-0.3, -0.25) is 0 Å². The summed E-state index contributed by atoms with van der Waals surface area (Å²) < 4.78 is 10.9. The highest BCUT2D eigenvalue weighted by atomic mass is 35.5. The van der Waals surface area contributed by atoms with E-state index in [1.165, 1.54) is 0 Å². The normalized spacial score (nSPS) is 20.1. The molecule has 1 aliphatic rings. The smallest absolute Gasteiger partial charge is 0.347 e. The number of esters is 1. The van der Waals surface area contributed by atoms with E-state index in [1.54, 1.807) is 0 Å². The molecule has 2 atom stereocenters. The fraction of sp³-hybridized carbons (Fsp3) is 0.435. The molecule has 2 aromatic rings. The quantitative estimate of drug-likeness (QED) is 0.363. The zero-order valence-corrected chi connectivity index (χ0v) is 20.0. The molecule has 0 aliphatic carbocycles. The molecular weight excluding hydrogens is 423 g/mol. The molecule has 1 fully saturated rings. The van der Waals surface area contributed by atoms with Gasteiger partial charge in [-0.25, -0.2) is 4.79 Å². The van der Waals surface area contributed by atoms with Crippen LogP contribution in [-0.2, 0) is 14.0 Å². The predicted octanol–water partition coefficient (Wildman–Crippen LogP) is 4.69. The van der Waals surface area contributed by atoms with E-state index in [1.807, 2.05) is 50.2 Å². The van der Waals surface area contributed by atoms with Crippen molar-refractivity contribution in [1.29, 1.82) is 0 Å². The average Bonchev–Trinajstić information content (AvgIpc) is 2.68. The van der Waals surface area contributed by atoms with Gasteiger partial charge in [0.25, 0.3) is 12.7 Å². The van der Waals surface area contributed by atoms with Crippen LogP contribution >= 0.6 is 23.2 Å². The highest BCUT2D eigenvalue weighted by Crippen LogP contribution is 2.45. The van der Waals surface area contributed by atoms with Gasteiger partial charge in [-0.05, 0) is 21.3 Å². The second kappa shape index (κ2) is 8.07. The van der Waals surface area contributed by atoms with Gasteiger partial charge in [-0.15, -0.1) is 0 Å². The summed E-state index contributed by atoms with van der Waals surface area (Å²) in [6.45, 7) is 10.7. The van der Waals surface area contributed by atoms with Crippen molar-refractivity contribution in [3.8, 4) is 0 Å². The number of carbonyl (C=O) groups is 1. The summed E-state index contributed by atoms with van der Waals surface area (Å²) in [7, 11) is -2.81. The summed E-state index contributed by atoms with van der Waals surface area (Å²) in [4.78, 5) is 11.9. The minimum absolute atomic E-state index is 0.0478. The zero-order valence-electron chi connectivity index (χ0n) is 17.5. The second-order valence-corrected chi connectivity index (χ2v) is 14.6. The lowest BCUT2D eigenvalue weighted by Crippen LogP contribution is -2.71. The van der Waals surface area contributed by atoms with E-state index < -0.39 is 30.8 Å². The van der Waals surface area contributed by atoms with Gasteiger partial charge in [-0.1, -0.05) is 118 Å². The van der Waals surface area contributed by atoms with Crippen molar-refractivity contribution < 1.29 is 14.0 Å². The molecule has 0 spiro atoms. The maximum atomic E-state index is 11.9. The first kappa shape index (κ1) is 22.4. The van der Waals surface area contributed by atoms with Crippen LogP contribution in [0.15, 0.2) is 60.7 Å². The topological polar surface area (TPSA) is 35.5 Å². The third-order valence-corrected chi connectivity index (χ3v) is 11.3. The van der Waals surface area contributed by atoms with Crippen LogP contribution in [0.25, 0.3) is 0 Å². The number of ether oxygens (including phenoxy) is 1. The molecule has 1 aliphatic heterocycles. The fourth-order valence-corrected chi connectivity index (χ4v) is 9.29. The van der Waals surface area contributed by atoms with E-state index in [-0.39, 0.29) is 11.0 Å². The largest absolute Gasteiger partial charge is 0.453 e. The van der Waals surface area contributed by atoms with Crippen molar-refractivity contribution in [2.24, 2.45) is 5.92 Å². The van der Waals surface area contributed by atoms with Gasteiger partial charge < -0.3 is 9.16 Å². The van der Waals surface area contributed by atoms with Crippen LogP contribution in [0.3, 0.4) is 0 Å². The van der Waals surface area contributed by atoms with Crippen molar-refractivity contribution in [2.75, 3.05) is 0 Å². The van der Waals surface area contributed by atoms with Crippen LogP contribution in [0.2, 0.25) is 5.04 Å². The van der Waals surface area contributed by atoms with Crippen molar-refractivity contribution in [2.45, 2.75) is 56.2 Å². The van der Waals surface area contributed by atoms with Gasteiger partial charge in [0.05, 0.1) is 6.10 Å². The molecular formula is C23H28Cl2O3Si. The van der Waals surface area contributed by atoms with Crippen LogP contribution in [0.1, 0.15) is 34.6 Å². The van der Waals surface area contributed by atoms with Crippen molar-refractivity contribution in [3.63, 3.8) is 0 Å². The van der Waals surface area contributed by atoms with E-state index in [4.69, 9.17) is 32.4 Å². The average molecular weight is 451 g/mol. The molecule has 3 rings (SSSR count). The summed E-state index contributed by atoms with van der Waals surface area (Å²) in [5.41, 5.74) is 0. The third kappa shape index (κ3) is 3.88. The van der Waals surface area contributed by atoms with E-state index in [0.717, 1.165) is 10.4 Å². The van der Waals surface area contributed by atoms with Gasteiger partial charge in [-0.2, -0.15) is 0 Å². The number of hydrogen-bond acceptors (Lipinski definition) is 3. The molecule has 2 aromatic carbocycles. The molecule has 156 valence electrons. The molecule has 0 amide bonds. The molecule has 0 bridgehead atoms. The molecule has 0 radical (unpaired) electrons.